The van der Waals surface area contributed by atoms with Crippen LogP contribution in [0.1, 0.15) is 23.2 Å². The van der Waals surface area contributed by atoms with Gasteiger partial charge in [0.2, 0.25) is 0 Å². The number of rotatable bonds is 6. The largest absolute Gasteiger partial charge is 0.350 e. The lowest BCUT2D eigenvalue weighted by Crippen LogP contribution is -2.37. The Morgan fingerprint density at radius 1 is 1.12 bits per heavy atom. The summed E-state index contributed by atoms with van der Waals surface area (Å²) in [4.78, 5) is 12.5. The van der Waals surface area contributed by atoms with Crippen LogP contribution in [0.3, 0.4) is 0 Å². The second-order valence-corrected chi connectivity index (χ2v) is 7.69. The molecule has 140 valence electrons. The first-order chi connectivity index (χ1) is 12.0. The molecule has 8 heteroatoms. The highest BCUT2D eigenvalue weighted by atomic mass is 35.5. The number of hydrogen-bond donors (Lipinski definition) is 3. The Hall–Kier alpha value is -2.09. The van der Waals surface area contributed by atoms with Crippen LogP contribution in [0.25, 0.3) is 0 Å². The van der Waals surface area contributed by atoms with Gasteiger partial charge in [0.05, 0.1) is 4.90 Å². The van der Waals surface area contributed by atoms with E-state index in [1.807, 2.05) is 0 Å². The fourth-order valence-electron chi connectivity index (χ4n) is 2.79. The van der Waals surface area contributed by atoms with Gasteiger partial charge in [-0.05, 0) is 49.7 Å². The summed E-state index contributed by atoms with van der Waals surface area (Å²) in [6, 6.07) is 14.9. The maximum atomic E-state index is 12.4. The number of amides is 1. The van der Waals surface area contributed by atoms with Crippen molar-refractivity contribution < 1.29 is 13.2 Å². The molecule has 1 atom stereocenters. The number of benzene rings is 2. The number of carbonyl (C=O) groups is 1. The maximum absolute atomic E-state index is 12.4. The van der Waals surface area contributed by atoms with Gasteiger partial charge in [-0.3, -0.25) is 9.52 Å². The molecular weight excluding hydrogens is 374 g/mol. The minimum atomic E-state index is -3.67. The Labute approximate surface area is 159 Å². The van der Waals surface area contributed by atoms with Crippen molar-refractivity contribution in [3.05, 3.63) is 60.2 Å². The second-order valence-electron chi connectivity index (χ2n) is 6.00. The van der Waals surface area contributed by atoms with Crippen molar-refractivity contribution in [2.75, 3.05) is 17.8 Å². The smallest absolute Gasteiger partial charge is 0.261 e. The predicted octanol–water partition coefficient (Wildman–Crippen LogP) is 2.39. The van der Waals surface area contributed by atoms with E-state index in [0.717, 1.165) is 19.4 Å². The molecule has 0 saturated carbocycles. The zero-order valence-electron chi connectivity index (χ0n) is 14.1. The monoisotopic (exact) mass is 395 g/mol. The van der Waals surface area contributed by atoms with Gasteiger partial charge in [0.25, 0.3) is 15.9 Å². The molecule has 2 aromatic rings. The molecule has 1 heterocycles. The molecule has 1 aliphatic heterocycles. The zero-order valence-corrected chi connectivity index (χ0v) is 15.8. The topological polar surface area (TPSA) is 87.3 Å². The van der Waals surface area contributed by atoms with E-state index in [4.69, 9.17) is 0 Å². The quantitative estimate of drug-likeness (QED) is 0.700. The van der Waals surface area contributed by atoms with Crippen LogP contribution in [-0.2, 0) is 10.0 Å². The number of nitrogens with one attached hydrogen (secondary N) is 3. The van der Waals surface area contributed by atoms with E-state index in [1.54, 1.807) is 36.4 Å². The van der Waals surface area contributed by atoms with Crippen LogP contribution < -0.4 is 15.4 Å². The van der Waals surface area contributed by atoms with Crippen molar-refractivity contribution in [2.24, 2.45) is 0 Å². The number of halogens is 1. The normalized spacial score (nSPS) is 16.5. The molecule has 1 saturated heterocycles. The minimum Gasteiger partial charge on any atom is -0.350 e. The summed E-state index contributed by atoms with van der Waals surface area (Å²) in [5, 5.41) is 6.20. The van der Waals surface area contributed by atoms with Crippen molar-refractivity contribution in [2.45, 2.75) is 23.8 Å². The van der Waals surface area contributed by atoms with E-state index in [0.29, 0.717) is 23.8 Å². The summed E-state index contributed by atoms with van der Waals surface area (Å²) in [5.41, 5.74) is 0.779. The summed E-state index contributed by atoms with van der Waals surface area (Å²) < 4.78 is 27.2. The standard InChI is InChI=1S/C18H21N3O3S.ClH/c22-18(20-13-16-8-5-11-19-16)14-6-4-7-15(12-14)21-25(23,24)17-9-2-1-3-10-17;/h1-4,6-7,9-10,12,16,19,21H,5,8,11,13H2,(H,20,22);1H. The lowest BCUT2D eigenvalue weighted by Gasteiger charge is -2.12. The van der Waals surface area contributed by atoms with E-state index in [1.165, 1.54) is 18.2 Å². The Bertz CT molecular complexity index is 838. The molecule has 26 heavy (non-hydrogen) atoms. The molecule has 0 bridgehead atoms. The van der Waals surface area contributed by atoms with Crippen LogP contribution in [0.4, 0.5) is 5.69 Å². The number of hydrogen-bond acceptors (Lipinski definition) is 4. The Kier molecular flexibility index (Phi) is 7.02. The molecule has 0 aliphatic carbocycles. The Morgan fingerprint density at radius 3 is 2.58 bits per heavy atom. The number of carbonyl (C=O) groups excluding carboxylic acids is 1. The van der Waals surface area contributed by atoms with E-state index in [-0.39, 0.29) is 23.2 Å². The van der Waals surface area contributed by atoms with Crippen LogP contribution in [0.5, 0.6) is 0 Å². The molecule has 3 rings (SSSR count). The predicted molar refractivity (Wildman–Crippen MR) is 104 cm³/mol. The summed E-state index contributed by atoms with van der Waals surface area (Å²) in [5.74, 6) is -0.213. The van der Waals surface area contributed by atoms with Crippen molar-refractivity contribution in [1.82, 2.24) is 10.6 Å². The van der Waals surface area contributed by atoms with Gasteiger partial charge in [0.15, 0.2) is 0 Å². The van der Waals surface area contributed by atoms with Gasteiger partial charge in [0, 0.05) is 23.8 Å². The third kappa shape index (κ3) is 5.20. The maximum Gasteiger partial charge on any atom is 0.261 e. The van der Waals surface area contributed by atoms with Crippen molar-refractivity contribution in [1.29, 1.82) is 0 Å². The van der Waals surface area contributed by atoms with Crippen molar-refractivity contribution >= 4 is 34.0 Å². The number of anilines is 1. The molecule has 2 aromatic carbocycles. The summed E-state index contributed by atoms with van der Waals surface area (Å²) in [7, 11) is -3.67. The van der Waals surface area contributed by atoms with Crippen molar-refractivity contribution in [3.63, 3.8) is 0 Å². The summed E-state index contributed by atoms with van der Waals surface area (Å²) in [6.45, 7) is 1.55. The highest BCUT2D eigenvalue weighted by molar-refractivity contribution is 7.92. The SMILES string of the molecule is Cl.O=C(NCC1CCCN1)c1cccc(NS(=O)(=O)c2ccccc2)c1. The van der Waals surface area contributed by atoms with Gasteiger partial charge in [0.1, 0.15) is 0 Å². The molecule has 1 aliphatic rings. The van der Waals surface area contributed by atoms with Gasteiger partial charge < -0.3 is 10.6 Å². The van der Waals surface area contributed by atoms with Gasteiger partial charge in [-0.2, -0.15) is 0 Å². The zero-order chi connectivity index (χ0) is 17.7. The van der Waals surface area contributed by atoms with Crippen LogP contribution in [-0.4, -0.2) is 33.5 Å². The van der Waals surface area contributed by atoms with Crippen LogP contribution in [0.15, 0.2) is 59.5 Å². The molecule has 3 N–H and O–H groups in total. The van der Waals surface area contributed by atoms with Crippen LogP contribution >= 0.6 is 12.4 Å². The van der Waals surface area contributed by atoms with Gasteiger partial charge in [-0.25, -0.2) is 8.42 Å². The Morgan fingerprint density at radius 2 is 1.88 bits per heavy atom. The lowest BCUT2D eigenvalue weighted by molar-refractivity contribution is 0.0950. The molecule has 0 spiro atoms. The third-order valence-electron chi connectivity index (χ3n) is 4.10. The van der Waals surface area contributed by atoms with Crippen LogP contribution in [0.2, 0.25) is 0 Å². The average Bonchev–Trinajstić information content (AvgIpc) is 3.14. The van der Waals surface area contributed by atoms with Gasteiger partial charge in [-0.15, -0.1) is 12.4 Å². The summed E-state index contributed by atoms with van der Waals surface area (Å²) in [6.07, 6.45) is 2.18. The van der Waals surface area contributed by atoms with Crippen molar-refractivity contribution in [3.8, 4) is 0 Å². The molecule has 1 fully saturated rings. The van der Waals surface area contributed by atoms with Gasteiger partial charge in [-0.1, -0.05) is 24.3 Å². The first-order valence-electron chi connectivity index (χ1n) is 8.24. The van der Waals surface area contributed by atoms with E-state index >= 15 is 0 Å². The first-order valence-corrected chi connectivity index (χ1v) is 9.72. The fourth-order valence-corrected chi connectivity index (χ4v) is 3.86. The molecule has 1 unspecified atom stereocenters. The number of sulfonamides is 1. The minimum absolute atomic E-state index is 0. The molecule has 6 nitrogen and oxygen atoms in total. The van der Waals surface area contributed by atoms with E-state index in [9.17, 15) is 13.2 Å². The second kappa shape index (κ2) is 9.02. The summed E-state index contributed by atoms with van der Waals surface area (Å²) >= 11 is 0. The first kappa shape index (κ1) is 20.2. The molecule has 0 radical (unpaired) electrons. The highest BCUT2D eigenvalue weighted by Gasteiger charge is 2.17. The third-order valence-corrected chi connectivity index (χ3v) is 5.50. The lowest BCUT2D eigenvalue weighted by atomic mass is 10.2. The fraction of sp³-hybridized carbons (Fsp3) is 0.278. The average molecular weight is 396 g/mol. The highest BCUT2D eigenvalue weighted by Crippen LogP contribution is 2.17. The molecule has 1 amide bonds. The van der Waals surface area contributed by atoms with E-state index < -0.39 is 10.0 Å². The van der Waals surface area contributed by atoms with E-state index in [2.05, 4.69) is 15.4 Å². The molecular formula is C18H22ClN3O3S. The molecule has 0 aromatic heterocycles. The van der Waals surface area contributed by atoms with Crippen LogP contribution in [0, 0.1) is 0 Å². The Balaban J connectivity index is 0.00000243. The van der Waals surface area contributed by atoms with Gasteiger partial charge >= 0.3 is 0 Å².